The molecule has 92 valence electrons. The number of nitrogens with one attached hydrogen (secondary N) is 1. The van der Waals surface area contributed by atoms with Crippen molar-refractivity contribution < 1.29 is 4.79 Å². The van der Waals surface area contributed by atoms with E-state index >= 15 is 0 Å². The lowest BCUT2D eigenvalue weighted by atomic mass is 9.58. The van der Waals surface area contributed by atoms with E-state index in [1.165, 1.54) is 0 Å². The molecule has 1 aliphatic rings. The first-order chi connectivity index (χ1) is 7.81. The highest BCUT2D eigenvalue weighted by Crippen LogP contribution is 2.53. The molecule has 2 heterocycles. The molecule has 1 aromatic rings. The molecule has 3 heteroatoms. The zero-order valence-corrected chi connectivity index (χ0v) is 11.2. The maximum Gasteiger partial charge on any atom is 0.235 e. The van der Waals surface area contributed by atoms with Gasteiger partial charge in [0, 0.05) is 23.6 Å². The van der Waals surface area contributed by atoms with Gasteiger partial charge < -0.3 is 5.32 Å². The van der Waals surface area contributed by atoms with Gasteiger partial charge in [-0.25, -0.2) is 0 Å². The average molecular weight is 232 g/mol. The number of hydrogen-bond acceptors (Lipinski definition) is 2. The van der Waals surface area contributed by atoms with Crippen molar-refractivity contribution >= 4 is 11.6 Å². The van der Waals surface area contributed by atoms with E-state index in [0.29, 0.717) is 0 Å². The van der Waals surface area contributed by atoms with Gasteiger partial charge in [-0.3, -0.25) is 9.78 Å². The number of fused-ring (bicyclic) bond motifs is 1. The Morgan fingerprint density at radius 3 is 2.53 bits per heavy atom. The second-order valence-electron chi connectivity index (χ2n) is 6.09. The summed E-state index contributed by atoms with van der Waals surface area (Å²) < 4.78 is 0. The predicted octanol–water partition coefficient (Wildman–Crippen LogP) is 2.97. The Morgan fingerprint density at radius 2 is 2.00 bits per heavy atom. The fourth-order valence-corrected chi connectivity index (χ4v) is 3.34. The number of pyridine rings is 1. The van der Waals surface area contributed by atoms with Crippen LogP contribution in [0.4, 0.5) is 5.69 Å². The summed E-state index contributed by atoms with van der Waals surface area (Å²) in [6.45, 7) is 10.6. The van der Waals surface area contributed by atoms with Crippen molar-refractivity contribution in [3.63, 3.8) is 0 Å². The van der Waals surface area contributed by atoms with E-state index in [1.54, 1.807) is 6.20 Å². The smallest absolute Gasteiger partial charge is 0.235 e. The average Bonchev–Trinajstić information content (AvgIpc) is 2.49. The second kappa shape index (κ2) is 3.56. The molecule has 0 saturated heterocycles. The first-order valence-electron chi connectivity index (χ1n) is 6.07. The normalized spacial score (nSPS) is 23.8. The third-order valence-corrected chi connectivity index (χ3v) is 3.90. The van der Waals surface area contributed by atoms with Crippen LogP contribution in [0.25, 0.3) is 0 Å². The number of carbonyl (C=O) groups is 1. The van der Waals surface area contributed by atoms with Crippen molar-refractivity contribution in [2.75, 3.05) is 5.32 Å². The minimum Gasteiger partial charge on any atom is -0.325 e. The summed E-state index contributed by atoms with van der Waals surface area (Å²) >= 11 is 0. The number of hydrogen-bond donors (Lipinski definition) is 1. The summed E-state index contributed by atoms with van der Waals surface area (Å²) in [5, 5.41) is 3.00. The zero-order valence-electron chi connectivity index (χ0n) is 11.2. The Balaban J connectivity index is 2.74. The molecule has 0 radical (unpaired) electrons. The van der Waals surface area contributed by atoms with Crippen LogP contribution in [0, 0.1) is 11.3 Å². The maximum atomic E-state index is 12.5. The number of anilines is 1. The van der Waals surface area contributed by atoms with Crippen molar-refractivity contribution in [2.45, 2.75) is 40.0 Å². The van der Waals surface area contributed by atoms with Gasteiger partial charge >= 0.3 is 0 Å². The molecule has 0 saturated carbocycles. The van der Waals surface area contributed by atoms with E-state index in [1.807, 2.05) is 12.3 Å². The first kappa shape index (κ1) is 12.1. The van der Waals surface area contributed by atoms with Crippen LogP contribution in [-0.4, -0.2) is 10.9 Å². The molecule has 0 fully saturated rings. The van der Waals surface area contributed by atoms with Crippen LogP contribution in [0.1, 0.15) is 40.2 Å². The third-order valence-electron chi connectivity index (χ3n) is 3.90. The summed E-state index contributed by atoms with van der Waals surface area (Å²) in [4.78, 5) is 16.7. The Kier molecular flexibility index (Phi) is 2.53. The lowest BCUT2D eigenvalue weighted by Gasteiger charge is -2.43. The van der Waals surface area contributed by atoms with Crippen molar-refractivity contribution in [1.29, 1.82) is 0 Å². The Hall–Kier alpha value is -1.38. The fourth-order valence-electron chi connectivity index (χ4n) is 3.34. The first-order valence-corrected chi connectivity index (χ1v) is 6.07. The van der Waals surface area contributed by atoms with Crippen LogP contribution in [0.3, 0.4) is 0 Å². The standard InChI is InChI=1S/C14H20N2O/c1-9(2)14(13(3,4)5)10-8-15-7-6-11(10)16-12(14)17/h6-9H,1-5H3,(H,16,17). The van der Waals surface area contributed by atoms with E-state index in [-0.39, 0.29) is 17.2 Å². The lowest BCUT2D eigenvalue weighted by Crippen LogP contribution is -2.50. The van der Waals surface area contributed by atoms with Crippen molar-refractivity contribution in [3.8, 4) is 0 Å². The number of rotatable bonds is 1. The van der Waals surface area contributed by atoms with Crippen LogP contribution < -0.4 is 5.32 Å². The van der Waals surface area contributed by atoms with Crippen LogP contribution >= 0.6 is 0 Å². The van der Waals surface area contributed by atoms with Crippen LogP contribution in [0.15, 0.2) is 18.5 Å². The van der Waals surface area contributed by atoms with Gasteiger partial charge in [-0.15, -0.1) is 0 Å². The van der Waals surface area contributed by atoms with Crippen molar-refractivity contribution in [3.05, 3.63) is 24.0 Å². The molecule has 3 nitrogen and oxygen atoms in total. The van der Waals surface area contributed by atoms with Gasteiger partial charge in [-0.1, -0.05) is 34.6 Å². The summed E-state index contributed by atoms with van der Waals surface area (Å²) in [5.41, 5.74) is 1.32. The van der Waals surface area contributed by atoms with Gasteiger partial charge in [0.05, 0.1) is 5.41 Å². The highest BCUT2D eigenvalue weighted by Gasteiger charge is 2.56. The molecule has 17 heavy (non-hydrogen) atoms. The number of aromatic nitrogens is 1. The molecule has 0 bridgehead atoms. The molecule has 1 atom stereocenters. The topological polar surface area (TPSA) is 42.0 Å². The molecule has 0 aromatic carbocycles. The van der Waals surface area contributed by atoms with E-state index in [4.69, 9.17) is 0 Å². The Labute approximate surface area is 103 Å². The van der Waals surface area contributed by atoms with E-state index in [0.717, 1.165) is 11.3 Å². The zero-order chi connectivity index (χ0) is 12.8. The van der Waals surface area contributed by atoms with Gasteiger partial charge in [0.15, 0.2) is 0 Å². The van der Waals surface area contributed by atoms with Crippen molar-refractivity contribution in [2.24, 2.45) is 11.3 Å². The molecule has 2 rings (SSSR count). The van der Waals surface area contributed by atoms with E-state index < -0.39 is 5.41 Å². The summed E-state index contributed by atoms with van der Waals surface area (Å²) in [6.07, 6.45) is 3.55. The van der Waals surface area contributed by atoms with Gasteiger partial charge in [-0.2, -0.15) is 0 Å². The number of nitrogens with zero attached hydrogens (tertiary/aromatic N) is 1. The fraction of sp³-hybridized carbons (Fsp3) is 0.571. The molecule has 0 spiro atoms. The summed E-state index contributed by atoms with van der Waals surface area (Å²) in [7, 11) is 0. The van der Waals surface area contributed by atoms with Gasteiger partial charge in [0.2, 0.25) is 5.91 Å². The highest BCUT2D eigenvalue weighted by molar-refractivity contribution is 6.06. The maximum absolute atomic E-state index is 12.5. The monoisotopic (exact) mass is 232 g/mol. The van der Waals surface area contributed by atoms with Crippen LogP contribution in [0.2, 0.25) is 0 Å². The molecule has 1 unspecified atom stereocenters. The molecule has 1 amide bonds. The van der Waals surface area contributed by atoms with E-state index in [2.05, 4.69) is 44.9 Å². The SMILES string of the molecule is CC(C)C1(C(C)(C)C)C(=O)Nc2ccncc21. The van der Waals surface area contributed by atoms with E-state index in [9.17, 15) is 4.79 Å². The Morgan fingerprint density at radius 1 is 1.35 bits per heavy atom. The minimum absolute atomic E-state index is 0.100. The van der Waals surface area contributed by atoms with Crippen LogP contribution in [-0.2, 0) is 10.2 Å². The van der Waals surface area contributed by atoms with Gasteiger partial charge in [0.25, 0.3) is 0 Å². The number of carbonyl (C=O) groups excluding carboxylic acids is 1. The van der Waals surface area contributed by atoms with Crippen LogP contribution in [0.5, 0.6) is 0 Å². The molecule has 0 aliphatic carbocycles. The molecular weight excluding hydrogens is 212 g/mol. The molecular formula is C14H20N2O. The highest BCUT2D eigenvalue weighted by atomic mass is 16.2. The lowest BCUT2D eigenvalue weighted by molar-refractivity contribution is -0.126. The predicted molar refractivity (Wildman–Crippen MR) is 68.8 cm³/mol. The largest absolute Gasteiger partial charge is 0.325 e. The summed E-state index contributed by atoms with van der Waals surface area (Å²) in [6, 6.07) is 1.88. The van der Waals surface area contributed by atoms with Crippen molar-refractivity contribution in [1.82, 2.24) is 4.98 Å². The molecule has 1 aliphatic heterocycles. The molecule has 1 aromatic heterocycles. The second-order valence-corrected chi connectivity index (χ2v) is 6.09. The summed E-state index contributed by atoms with van der Waals surface area (Å²) in [5.74, 6) is 0.330. The minimum atomic E-state index is -0.489. The van der Waals surface area contributed by atoms with Gasteiger partial charge in [-0.05, 0) is 17.4 Å². The quantitative estimate of drug-likeness (QED) is 0.808. The molecule has 1 N–H and O–H groups in total. The van der Waals surface area contributed by atoms with Gasteiger partial charge in [0.1, 0.15) is 0 Å². The third kappa shape index (κ3) is 1.41. The number of amides is 1. The Bertz CT molecular complexity index is 460.